The van der Waals surface area contributed by atoms with E-state index in [1.54, 1.807) is 0 Å². The Kier molecular flexibility index (Phi) is 16.6. The Hall–Kier alpha value is -1.32. The molecule has 30 heavy (non-hydrogen) atoms. The van der Waals surface area contributed by atoms with Gasteiger partial charge in [0.2, 0.25) is 0 Å². The predicted molar refractivity (Wildman–Crippen MR) is 101 cm³/mol. The van der Waals surface area contributed by atoms with Gasteiger partial charge in [-0.15, -0.1) is 0 Å². The molecular weight excluding hydrogens is 422 g/mol. The van der Waals surface area contributed by atoms with Crippen LogP contribution < -0.4 is 61.2 Å². The normalized spacial score (nSPS) is 14.1. The summed E-state index contributed by atoms with van der Waals surface area (Å²) in [5, 5.41) is 39.0. The second-order valence-corrected chi connectivity index (χ2v) is 5.67. The number of rotatable bonds is 11. The third-order valence-electron chi connectivity index (χ3n) is 3.22. The topological polar surface area (TPSA) is 119 Å². The first-order valence-electron chi connectivity index (χ1n) is 8.59. The van der Waals surface area contributed by atoms with E-state index in [9.17, 15) is 29.6 Å². The zero-order valence-corrected chi connectivity index (χ0v) is 19.6. The van der Waals surface area contributed by atoms with E-state index in [1.165, 1.54) is 60.7 Å². The number of halogens is 1. The molecule has 1 rings (SSSR count). The molecule has 0 aliphatic heterocycles. The summed E-state index contributed by atoms with van der Waals surface area (Å²) in [5.41, 5.74) is 0. The Morgan fingerprint density at radius 3 is 2.40 bits per heavy atom. The Morgan fingerprint density at radius 1 is 1.07 bits per heavy atom. The molecule has 3 atom stereocenters. The van der Waals surface area contributed by atoms with Crippen molar-refractivity contribution in [3.8, 4) is 17.6 Å². The molecule has 1 aromatic rings. The van der Waals surface area contributed by atoms with Crippen LogP contribution in [0.15, 0.2) is 60.7 Å². The predicted octanol–water partition coefficient (Wildman–Crippen LogP) is -3.27. The van der Waals surface area contributed by atoms with Crippen molar-refractivity contribution in [1.29, 1.82) is 0 Å². The van der Waals surface area contributed by atoms with Crippen LogP contribution in [-0.4, -0.2) is 59.4 Å². The Bertz CT molecular complexity index is 766. The van der Waals surface area contributed by atoms with Crippen molar-refractivity contribution >= 4 is 5.97 Å². The maximum Gasteiger partial charge on any atom is 1.00 e. The van der Waals surface area contributed by atoms with E-state index in [-0.39, 0.29) is 70.4 Å². The number of aliphatic carboxylic acids is 1. The van der Waals surface area contributed by atoms with Gasteiger partial charge in [0.05, 0.1) is 19.2 Å². The molecule has 0 heterocycles. The van der Waals surface area contributed by atoms with E-state index in [0.717, 1.165) is 0 Å². The molecule has 0 saturated heterocycles. The minimum absolute atomic E-state index is 0. The average Bonchev–Trinajstić information content (AvgIpc) is 2.69. The first-order valence-corrected chi connectivity index (χ1v) is 8.59. The fraction of sp³-hybridized carbons (Fsp3) is 0.286. The number of carbonyl (C=O) groups excluding carboxylic acids is 1. The van der Waals surface area contributed by atoms with Crippen molar-refractivity contribution in [2.45, 2.75) is 18.3 Å². The maximum absolute atomic E-state index is 12.8. The molecule has 0 aromatic heterocycles. The van der Waals surface area contributed by atoms with Gasteiger partial charge in [0.1, 0.15) is 36.5 Å². The molecule has 1 aromatic carbocycles. The van der Waals surface area contributed by atoms with Crippen LogP contribution in [0, 0.1) is 17.7 Å². The second-order valence-electron chi connectivity index (χ2n) is 5.67. The minimum atomic E-state index is -1.41. The number of aliphatic hydroxyl groups is 3. The smallest absolute Gasteiger partial charge is 0.548 e. The van der Waals surface area contributed by atoms with Crippen LogP contribution in [0.2, 0.25) is 0 Å². The molecule has 0 unspecified atom stereocenters. The number of carboxylic acids is 1. The van der Waals surface area contributed by atoms with Gasteiger partial charge in [-0.25, -0.2) is 4.39 Å². The molecular formula is C21H22FKO7. The van der Waals surface area contributed by atoms with Crippen LogP contribution in [0.5, 0.6) is 5.75 Å². The van der Waals surface area contributed by atoms with Crippen molar-refractivity contribution in [2.75, 3.05) is 19.8 Å². The van der Waals surface area contributed by atoms with Crippen molar-refractivity contribution in [1.82, 2.24) is 0 Å². The Morgan fingerprint density at radius 2 is 1.73 bits per heavy atom. The van der Waals surface area contributed by atoms with E-state index in [1.807, 2.05) is 0 Å². The third kappa shape index (κ3) is 14.6. The van der Waals surface area contributed by atoms with Crippen LogP contribution in [0.4, 0.5) is 4.39 Å². The SMILES string of the molecule is O=C([O-])COC[C@@H](O)[C@@H](O)C=CC=CC#CC=C[C@H](O)COc1ccc(F)cc1.[K+]. The summed E-state index contributed by atoms with van der Waals surface area (Å²) in [4.78, 5) is 10.2. The van der Waals surface area contributed by atoms with Gasteiger partial charge in [-0.05, 0) is 42.5 Å². The van der Waals surface area contributed by atoms with E-state index in [0.29, 0.717) is 5.75 Å². The molecule has 0 aliphatic carbocycles. The number of carbonyl (C=O) groups is 1. The third-order valence-corrected chi connectivity index (χ3v) is 3.22. The van der Waals surface area contributed by atoms with Crippen molar-refractivity contribution in [2.24, 2.45) is 0 Å². The molecule has 0 radical (unpaired) electrons. The fourth-order valence-corrected chi connectivity index (χ4v) is 1.79. The standard InChI is InChI=1S/C21H23FO7.K/c22-16-9-11-18(12-10-16)29-13-17(23)7-5-3-1-2-4-6-8-19(24)20(25)14-28-15-21(26)27;/h2,4-12,17,19-20,23-25H,13-15H2,(H,26,27);/q;+1/p-1/t17-,19-,20+;/m0./s1. The zero-order valence-electron chi connectivity index (χ0n) is 16.5. The van der Waals surface area contributed by atoms with Gasteiger partial charge in [0.15, 0.2) is 0 Å². The number of allylic oxidation sites excluding steroid dienone is 4. The van der Waals surface area contributed by atoms with Crippen LogP contribution in [0.1, 0.15) is 0 Å². The van der Waals surface area contributed by atoms with E-state index >= 15 is 0 Å². The Labute approximate surface area is 216 Å². The summed E-state index contributed by atoms with van der Waals surface area (Å²) in [5.74, 6) is 3.99. The molecule has 9 heteroatoms. The fourth-order valence-electron chi connectivity index (χ4n) is 1.79. The molecule has 0 spiro atoms. The van der Waals surface area contributed by atoms with Crippen LogP contribution >= 0.6 is 0 Å². The maximum atomic E-state index is 12.8. The van der Waals surface area contributed by atoms with Gasteiger partial charge < -0.3 is 34.7 Å². The van der Waals surface area contributed by atoms with Crippen LogP contribution in [-0.2, 0) is 9.53 Å². The summed E-state index contributed by atoms with van der Waals surface area (Å²) < 4.78 is 22.7. The number of benzene rings is 1. The molecule has 3 N–H and O–H groups in total. The molecule has 7 nitrogen and oxygen atoms in total. The van der Waals surface area contributed by atoms with E-state index in [4.69, 9.17) is 4.74 Å². The molecule has 0 fully saturated rings. The number of hydrogen-bond acceptors (Lipinski definition) is 7. The first-order chi connectivity index (χ1) is 13.9. The first kappa shape index (κ1) is 28.7. The summed E-state index contributed by atoms with van der Waals surface area (Å²) >= 11 is 0. The quantitative estimate of drug-likeness (QED) is 0.186. The van der Waals surface area contributed by atoms with Crippen LogP contribution in [0.25, 0.3) is 0 Å². The molecule has 0 amide bonds. The summed E-state index contributed by atoms with van der Waals surface area (Å²) in [7, 11) is 0. The van der Waals surface area contributed by atoms with Crippen LogP contribution in [0.3, 0.4) is 0 Å². The van der Waals surface area contributed by atoms with Gasteiger partial charge in [0.25, 0.3) is 0 Å². The molecule has 0 saturated carbocycles. The van der Waals surface area contributed by atoms with Crippen molar-refractivity contribution in [3.05, 3.63) is 66.5 Å². The van der Waals surface area contributed by atoms with Gasteiger partial charge in [0, 0.05) is 0 Å². The van der Waals surface area contributed by atoms with Crippen molar-refractivity contribution in [3.63, 3.8) is 0 Å². The van der Waals surface area contributed by atoms with Crippen molar-refractivity contribution < 1.29 is 90.5 Å². The monoisotopic (exact) mass is 444 g/mol. The van der Waals surface area contributed by atoms with Gasteiger partial charge in [-0.2, -0.15) is 0 Å². The minimum Gasteiger partial charge on any atom is -0.548 e. The van der Waals surface area contributed by atoms with Gasteiger partial charge in [-0.1, -0.05) is 30.1 Å². The number of hydrogen-bond donors (Lipinski definition) is 3. The molecule has 0 aliphatic rings. The summed E-state index contributed by atoms with van der Waals surface area (Å²) in [6, 6.07) is 5.43. The Balaban J connectivity index is 0.00000841. The largest absolute Gasteiger partial charge is 1.00 e. The number of aliphatic hydroxyl groups excluding tert-OH is 3. The summed E-state index contributed by atoms with van der Waals surface area (Å²) in [6.07, 6.45) is 5.24. The second kappa shape index (κ2) is 17.4. The van der Waals surface area contributed by atoms with Gasteiger partial charge in [-0.3, -0.25) is 0 Å². The molecule has 0 bridgehead atoms. The van der Waals surface area contributed by atoms with E-state index in [2.05, 4.69) is 16.6 Å². The van der Waals surface area contributed by atoms with Gasteiger partial charge >= 0.3 is 51.4 Å². The van der Waals surface area contributed by atoms with E-state index < -0.39 is 30.9 Å². The summed E-state index contributed by atoms with van der Waals surface area (Å²) in [6.45, 7) is -1.01. The average molecular weight is 444 g/mol. The zero-order chi connectivity index (χ0) is 21.5. The number of ether oxygens (including phenoxy) is 2. The number of carboxylic acid groups (broad SMARTS) is 1. The molecule has 156 valence electrons.